The molecule has 16 heavy (non-hydrogen) atoms. The van der Waals surface area contributed by atoms with Crippen LogP contribution in [0.5, 0.6) is 0 Å². The molecule has 0 N–H and O–H groups in total. The van der Waals surface area contributed by atoms with Crippen LogP contribution in [0.3, 0.4) is 0 Å². The van der Waals surface area contributed by atoms with Crippen molar-refractivity contribution in [3.8, 4) is 0 Å². The highest BCUT2D eigenvalue weighted by Gasteiger charge is 2.37. The minimum absolute atomic E-state index is 0.0128. The molecule has 0 aromatic heterocycles. The Kier molecular flexibility index (Phi) is 3.04. The molecule has 0 spiro atoms. The molecule has 1 aromatic carbocycles. The summed E-state index contributed by atoms with van der Waals surface area (Å²) in [5, 5.41) is 0. The number of rotatable bonds is 3. The summed E-state index contributed by atoms with van der Waals surface area (Å²) >= 11 is 0. The zero-order valence-corrected chi connectivity index (χ0v) is 9.18. The van der Waals surface area contributed by atoms with E-state index >= 15 is 0 Å². The molecular formula is C13H14O3. The number of ether oxygens (including phenoxy) is 1. The fourth-order valence-corrected chi connectivity index (χ4v) is 2.47. The number of esters is 1. The van der Waals surface area contributed by atoms with Crippen molar-refractivity contribution in [3.05, 3.63) is 35.4 Å². The Morgan fingerprint density at radius 2 is 2.25 bits per heavy atom. The predicted molar refractivity (Wildman–Crippen MR) is 59.1 cm³/mol. The molecule has 0 fully saturated rings. The van der Waals surface area contributed by atoms with Crippen LogP contribution in [0.4, 0.5) is 0 Å². The van der Waals surface area contributed by atoms with Crippen molar-refractivity contribution in [1.82, 2.24) is 0 Å². The van der Waals surface area contributed by atoms with Gasteiger partial charge in [0.05, 0.1) is 13.0 Å². The van der Waals surface area contributed by atoms with E-state index < -0.39 is 0 Å². The van der Waals surface area contributed by atoms with Crippen molar-refractivity contribution in [2.45, 2.75) is 18.8 Å². The number of aldehydes is 1. The van der Waals surface area contributed by atoms with E-state index in [9.17, 15) is 9.59 Å². The Bertz CT molecular complexity index is 411. The number of fused-ring (bicyclic) bond motifs is 1. The molecule has 84 valence electrons. The Morgan fingerprint density at radius 1 is 1.50 bits per heavy atom. The van der Waals surface area contributed by atoms with Crippen molar-refractivity contribution in [2.24, 2.45) is 5.92 Å². The van der Waals surface area contributed by atoms with E-state index in [2.05, 4.69) is 0 Å². The minimum Gasteiger partial charge on any atom is -0.469 e. The number of carbonyl (C=O) groups excluding carboxylic acids is 2. The monoisotopic (exact) mass is 218 g/mol. The zero-order valence-electron chi connectivity index (χ0n) is 9.18. The number of hydrogen-bond donors (Lipinski definition) is 0. The van der Waals surface area contributed by atoms with Gasteiger partial charge >= 0.3 is 5.97 Å². The topological polar surface area (TPSA) is 43.4 Å². The van der Waals surface area contributed by atoms with Crippen molar-refractivity contribution < 1.29 is 14.3 Å². The Labute approximate surface area is 94.4 Å². The number of hydrogen-bond acceptors (Lipinski definition) is 3. The summed E-state index contributed by atoms with van der Waals surface area (Å²) in [6, 6.07) is 7.90. The molecule has 3 nitrogen and oxygen atoms in total. The van der Waals surface area contributed by atoms with Gasteiger partial charge in [0.2, 0.25) is 0 Å². The maximum atomic E-state index is 11.6. The van der Waals surface area contributed by atoms with Gasteiger partial charge in [-0.3, -0.25) is 4.79 Å². The first-order valence-corrected chi connectivity index (χ1v) is 5.37. The van der Waals surface area contributed by atoms with Crippen LogP contribution in [0.15, 0.2) is 24.3 Å². The van der Waals surface area contributed by atoms with Gasteiger partial charge in [-0.1, -0.05) is 24.3 Å². The lowest BCUT2D eigenvalue weighted by molar-refractivity contribution is -0.145. The van der Waals surface area contributed by atoms with Crippen molar-refractivity contribution >= 4 is 12.3 Å². The van der Waals surface area contributed by atoms with Gasteiger partial charge in [-0.05, 0) is 17.5 Å². The molecule has 0 bridgehead atoms. The van der Waals surface area contributed by atoms with Crippen LogP contribution in [-0.4, -0.2) is 19.4 Å². The first-order valence-electron chi connectivity index (χ1n) is 5.37. The number of benzene rings is 1. The number of methoxy groups -OCH3 is 1. The van der Waals surface area contributed by atoms with Crippen LogP contribution in [0, 0.1) is 5.92 Å². The highest BCUT2D eigenvalue weighted by molar-refractivity contribution is 5.76. The molecule has 2 rings (SSSR count). The lowest BCUT2D eigenvalue weighted by Gasteiger charge is -2.15. The summed E-state index contributed by atoms with van der Waals surface area (Å²) in [6.07, 6.45) is 1.95. The maximum absolute atomic E-state index is 11.6. The van der Waals surface area contributed by atoms with Gasteiger partial charge in [0.1, 0.15) is 6.29 Å². The van der Waals surface area contributed by atoms with Gasteiger partial charge < -0.3 is 9.53 Å². The van der Waals surface area contributed by atoms with E-state index in [4.69, 9.17) is 4.74 Å². The summed E-state index contributed by atoms with van der Waals surface area (Å²) in [5.41, 5.74) is 2.27. The summed E-state index contributed by atoms with van der Waals surface area (Å²) in [6.45, 7) is 0. The van der Waals surface area contributed by atoms with Crippen LogP contribution >= 0.6 is 0 Å². The molecule has 0 saturated carbocycles. The zero-order chi connectivity index (χ0) is 11.5. The molecule has 0 radical (unpaired) electrons. The van der Waals surface area contributed by atoms with Crippen LogP contribution in [0.25, 0.3) is 0 Å². The first-order chi connectivity index (χ1) is 7.77. The quantitative estimate of drug-likeness (QED) is 0.573. The predicted octanol–water partition coefficient (Wildman–Crippen LogP) is 1.70. The number of carbonyl (C=O) groups is 2. The highest BCUT2D eigenvalue weighted by Crippen LogP contribution is 2.40. The van der Waals surface area contributed by atoms with E-state index in [1.54, 1.807) is 0 Å². The minimum atomic E-state index is -0.219. The van der Waals surface area contributed by atoms with E-state index in [1.807, 2.05) is 24.3 Å². The first kappa shape index (κ1) is 10.9. The van der Waals surface area contributed by atoms with E-state index in [1.165, 1.54) is 7.11 Å². The molecule has 1 aromatic rings. The molecule has 0 heterocycles. The van der Waals surface area contributed by atoms with Gasteiger partial charge in [-0.25, -0.2) is 0 Å². The van der Waals surface area contributed by atoms with Gasteiger partial charge in [-0.15, -0.1) is 0 Å². The largest absolute Gasteiger partial charge is 0.469 e. The molecule has 0 aliphatic heterocycles. The van der Waals surface area contributed by atoms with E-state index in [0.29, 0.717) is 12.8 Å². The average molecular weight is 218 g/mol. The third kappa shape index (κ3) is 1.73. The van der Waals surface area contributed by atoms with Crippen LogP contribution in [-0.2, 0) is 20.7 Å². The van der Waals surface area contributed by atoms with Crippen molar-refractivity contribution in [1.29, 1.82) is 0 Å². The third-order valence-corrected chi connectivity index (χ3v) is 3.23. The molecule has 2 atom stereocenters. The molecule has 1 aliphatic rings. The fourth-order valence-electron chi connectivity index (χ4n) is 2.47. The van der Waals surface area contributed by atoms with Gasteiger partial charge in [0.15, 0.2) is 0 Å². The summed E-state index contributed by atoms with van der Waals surface area (Å²) in [7, 11) is 1.39. The van der Waals surface area contributed by atoms with Crippen molar-refractivity contribution in [2.75, 3.05) is 7.11 Å². The molecule has 1 aliphatic carbocycles. The Balaban J connectivity index is 2.33. The van der Waals surface area contributed by atoms with Crippen molar-refractivity contribution in [3.63, 3.8) is 0 Å². The van der Waals surface area contributed by atoms with E-state index in [0.717, 1.165) is 17.4 Å². The van der Waals surface area contributed by atoms with Crippen LogP contribution < -0.4 is 0 Å². The molecule has 3 heteroatoms. The SMILES string of the molecule is COC(=O)[C@@H]1Cc2ccccc2[C@@H]1CC=O. The lowest BCUT2D eigenvalue weighted by atomic mass is 9.90. The van der Waals surface area contributed by atoms with Gasteiger partial charge in [0.25, 0.3) is 0 Å². The summed E-state index contributed by atoms with van der Waals surface area (Å²) in [5.74, 6) is -0.434. The van der Waals surface area contributed by atoms with E-state index in [-0.39, 0.29) is 17.8 Å². The summed E-state index contributed by atoms with van der Waals surface area (Å²) in [4.78, 5) is 22.3. The van der Waals surface area contributed by atoms with Gasteiger partial charge in [0, 0.05) is 12.3 Å². The lowest BCUT2D eigenvalue weighted by Crippen LogP contribution is -2.20. The fraction of sp³-hybridized carbons (Fsp3) is 0.385. The second kappa shape index (κ2) is 4.47. The standard InChI is InChI=1S/C13H14O3/c1-16-13(15)12-8-9-4-2-3-5-10(9)11(12)6-7-14/h2-5,7,11-12H,6,8H2,1H3/t11-,12+/m0/s1. The van der Waals surface area contributed by atoms with Crippen LogP contribution in [0.2, 0.25) is 0 Å². The Morgan fingerprint density at radius 3 is 2.94 bits per heavy atom. The van der Waals surface area contributed by atoms with Gasteiger partial charge in [-0.2, -0.15) is 0 Å². The molecule has 0 amide bonds. The second-order valence-corrected chi connectivity index (χ2v) is 4.04. The van der Waals surface area contributed by atoms with Crippen LogP contribution in [0.1, 0.15) is 23.5 Å². The smallest absolute Gasteiger partial charge is 0.309 e. The normalized spacial score (nSPS) is 22.6. The Hall–Kier alpha value is -1.64. The molecule has 0 unspecified atom stereocenters. The summed E-state index contributed by atoms with van der Waals surface area (Å²) < 4.78 is 4.79. The molecular weight excluding hydrogens is 204 g/mol. The average Bonchev–Trinajstić information content (AvgIpc) is 2.68. The third-order valence-electron chi connectivity index (χ3n) is 3.23. The second-order valence-electron chi connectivity index (χ2n) is 4.04. The highest BCUT2D eigenvalue weighted by atomic mass is 16.5. The maximum Gasteiger partial charge on any atom is 0.309 e. The molecule has 0 saturated heterocycles.